The van der Waals surface area contributed by atoms with Crippen LogP contribution in [0.15, 0.2) is 73.1 Å². The van der Waals surface area contributed by atoms with Crippen LogP contribution in [0.4, 0.5) is 0 Å². The van der Waals surface area contributed by atoms with Crippen LogP contribution in [-0.4, -0.2) is 0 Å². The SMILES string of the molecule is Cc1ccc2cc(-c3ccc4c[nH+]ccc4c3)ccc2c1. The van der Waals surface area contributed by atoms with E-state index in [1.807, 2.05) is 12.4 Å². The Labute approximate surface area is 123 Å². The fourth-order valence-corrected chi connectivity index (χ4v) is 2.85. The third kappa shape index (κ3) is 2.17. The lowest BCUT2D eigenvalue weighted by molar-refractivity contribution is -0.375. The number of aromatic nitrogens is 1. The fourth-order valence-electron chi connectivity index (χ4n) is 2.85. The number of rotatable bonds is 1. The summed E-state index contributed by atoms with van der Waals surface area (Å²) in [5.41, 5.74) is 3.83. The molecule has 0 radical (unpaired) electrons. The van der Waals surface area contributed by atoms with Gasteiger partial charge in [-0.2, -0.15) is 0 Å². The van der Waals surface area contributed by atoms with Gasteiger partial charge in [0.15, 0.2) is 12.4 Å². The van der Waals surface area contributed by atoms with Crippen molar-refractivity contribution in [2.75, 3.05) is 0 Å². The molecule has 1 nitrogen and oxygen atoms in total. The maximum Gasteiger partial charge on any atom is 0.174 e. The Morgan fingerprint density at radius 2 is 1.24 bits per heavy atom. The standard InChI is InChI=1S/C20H15N/c1-14-2-3-16-11-17(5-4-15(16)10-14)18-6-7-20-13-21-9-8-19(20)12-18/h2-13H,1H3/p+1. The van der Waals surface area contributed by atoms with E-state index in [1.165, 1.54) is 38.2 Å². The lowest BCUT2D eigenvalue weighted by atomic mass is 9.98. The van der Waals surface area contributed by atoms with Crippen LogP contribution >= 0.6 is 0 Å². The molecule has 0 amide bonds. The summed E-state index contributed by atoms with van der Waals surface area (Å²) in [6, 6.07) is 22.0. The fraction of sp³-hybridized carbons (Fsp3) is 0.0500. The number of aryl methyl sites for hydroxylation is 1. The van der Waals surface area contributed by atoms with Crippen LogP contribution in [0.25, 0.3) is 32.7 Å². The van der Waals surface area contributed by atoms with Gasteiger partial charge in [0.25, 0.3) is 0 Å². The summed E-state index contributed by atoms with van der Waals surface area (Å²) in [6.07, 6.45) is 4.00. The molecule has 3 aromatic carbocycles. The Hall–Kier alpha value is -2.67. The van der Waals surface area contributed by atoms with Crippen molar-refractivity contribution in [2.24, 2.45) is 0 Å². The molecule has 0 atom stereocenters. The molecule has 4 aromatic rings. The van der Waals surface area contributed by atoms with Crippen LogP contribution in [0.3, 0.4) is 0 Å². The number of benzene rings is 3. The second kappa shape index (κ2) is 4.71. The molecule has 0 bridgehead atoms. The minimum absolute atomic E-state index is 1.23. The Bertz CT molecular complexity index is 954. The molecule has 1 heterocycles. The normalized spacial score (nSPS) is 11.1. The van der Waals surface area contributed by atoms with Crippen molar-refractivity contribution in [2.45, 2.75) is 6.92 Å². The van der Waals surface area contributed by atoms with Crippen molar-refractivity contribution in [1.29, 1.82) is 0 Å². The van der Waals surface area contributed by atoms with Crippen LogP contribution in [0.1, 0.15) is 5.56 Å². The van der Waals surface area contributed by atoms with Gasteiger partial charge in [0.2, 0.25) is 0 Å². The van der Waals surface area contributed by atoms with Gasteiger partial charge in [-0.1, -0.05) is 42.0 Å². The van der Waals surface area contributed by atoms with Crippen LogP contribution < -0.4 is 4.98 Å². The summed E-state index contributed by atoms with van der Waals surface area (Å²) in [5, 5.41) is 5.08. The number of hydrogen-bond acceptors (Lipinski definition) is 0. The Kier molecular flexibility index (Phi) is 2.71. The molecule has 0 aliphatic carbocycles. The number of aromatic amines is 1. The molecule has 4 rings (SSSR count). The number of nitrogens with one attached hydrogen (secondary N) is 1. The van der Waals surface area contributed by atoms with Crippen molar-refractivity contribution in [3.63, 3.8) is 0 Å². The third-order valence-electron chi connectivity index (χ3n) is 4.01. The van der Waals surface area contributed by atoms with E-state index in [2.05, 4.69) is 72.6 Å². The molecule has 0 saturated carbocycles. The average Bonchev–Trinajstić information content (AvgIpc) is 2.54. The minimum Gasteiger partial charge on any atom is -0.217 e. The predicted octanol–water partition coefficient (Wildman–Crippen LogP) is 4.78. The van der Waals surface area contributed by atoms with Gasteiger partial charge in [-0.25, -0.2) is 4.98 Å². The van der Waals surface area contributed by atoms with E-state index in [0.29, 0.717) is 0 Å². The van der Waals surface area contributed by atoms with Crippen LogP contribution in [-0.2, 0) is 0 Å². The summed E-state index contributed by atoms with van der Waals surface area (Å²) in [4.78, 5) is 3.12. The van der Waals surface area contributed by atoms with E-state index < -0.39 is 0 Å². The van der Waals surface area contributed by atoms with Gasteiger partial charge in [-0.15, -0.1) is 0 Å². The van der Waals surface area contributed by atoms with Gasteiger partial charge in [-0.3, -0.25) is 0 Å². The highest BCUT2D eigenvalue weighted by Gasteiger charge is 2.03. The topological polar surface area (TPSA) is 14.1 Å². The zero-order valence-electron chi connectivity index (χ0n) is 11.9. The molecule has 0 aliphatic rings. The van der Waals surface area contributed by atoms with Crippen LogP contribution in [0, 0.1) is 6.92 Å². The van der Waals surface area contributed by atoms with Gasteiger partial charge in [-0.05, 0) is 52.4 Å². The average molecular weight is 270 g/mol. The molecule has 0 fully saturated rings. The van der Waals surface area contributed by atoms with E-state index in [-0.39, 0.29) is 0 Å². The molecule has 1 heteroatoms. The molecule has 21 heavy (non-hydrogen) atoms. The largest absolute Gasteiger partial charge is 0.217 e. The summed E-state index contributed by atoms with van der Waals surface area (Å²) >= 11 is 0. The Balaban J connectivity index is 1.89. The lowest BCUT2D eigenvalue weighted by Gasteiger charge is -2.06. The molecular formula is C20H16N+. The van der Waals surface area contributed by atoms with Crippen molar-refractivity contribution in [3.8, 4) is 11.1 Å². The Morgan fingerprint density at radius 3 is 2.05 bits per heavy atom. The minimum atomic E-state index is 1.23. The van der Waals surface area contributed by atoms with E-state index in [0.717, 1.165) is 0 Å². The predicted molar refractivity (Wildman–Crippen MR) is 88.2 cm³/mol. The molecular weight excluding hydrogens is 254 g/mol. The number of fused-ring (bicyclic) bond motifs is 2. The maximum absolute atomic E-state index is 3.12. The second-order valence-corrected chi connectivity index (χ2v) is 5.55. The molecule has 0 spiro atoms. The first-order valence-corrected chi connectivity index (χ1v) is 7.20. The van der Waals surface area contributed by atoms with Crippen molar-refractivity contribution in [3.05, 3.63) is 78.6 Å². The van der Waals surface area contributed by atoms with E-state index in [1.54, 1.807) is 0 Å². The first kappa shape index (κ1) is 12.1. The summed E-state index contributed by atoms with van der Waals surface area (Å²) in [7, 11) is 0. The van der Waals surface area contributed by atoms with Crippen molar-refractivity contribution >= 4 is 21.5 Å². The molecule has 1 N–H and O–H groups in total. The van der Waals surface area contributed by atoms with Crippen LogP contribution in [0.5, 0.6) is 0 Å². The number of hydrogen-bond donors (Lipinski definition) is 0. The summed E-state index contributed by atoms with van der Waals surface area (Å²) < 4.78 is 0. The highest BCUT2D eigenvalue weighted by molar-refractivity contribution is 5.90. The van der Waals surface area contributed by atoms with Crippen LogP contribution in [0.2, 0.25) is 0 Å². The van der Waals surface area contributed by atoms with Gasteiger partial charge >= 0.3 is 0 Å². The molecule has 1 aromatic heterocycles. The lowest BCUT2D eigenvalue weighted by Crippen LogP contribution is -1.97. The molecule has 0 unspecified atom stereocenters. The van der Waals surface area contributed by atoms with Gasteiger partial charge in [0, 0.05) is 11.5 Å². The maximum atomic E-state index is 3.12. The van der Waals surface area contributed by atoms with Gasteiger partial charge in [0.05, 0.1) is 0 Å². The second-order valence-electron chi connectivity index (χ2n) is 5.55. The highest BCUT2D eigenvalue weighted by atomic mass is 14.6. The first-order chi connectivity index (χ1) is 10.3. The van der Waals surface area contributed by atoms with E-state index in [9.17, 15) is 0 Å². The van der Waals surface area contributed by atoms with E-state index in [4.69, 9.17) is 0 Å². The monoisotopic (exact) mass is 270 g/mol. The third-order valence-corrected chi connectivity index (χ3v) is 4.01. The summed E-state index contributed by atoms with van der Waals surface area (Å²) in [5.74, 6) is 0. The smallest absolute Gasteiger partial charge is 0.174 e. The first-order valence-electron chi connectivity index (χ1n) is 7.20. The quantitative estimate of drug-likeness (QED) is 0.472. The number of pyridine rings is 1. The molecule has 0 aliphatic heterocycles. The molecule has 0 saturated heterocycles. The summed E-state index contributed by atoms with van der Waals surface area (Å²) in [6.45, 7) is 2.13. The molecule has 100 valence electrons. The zero-order valence-corrected chi connectivity index (χ0v) is 11.9. The van der Waals surface area contributed by atoms with Crippen molar-refractivity contribution in [1.82, 2.24) is 0 Å². The highest BCUT2D eigenvalue weighted by Crippen LogP contribution is 2.27. The number of H-pyrrole nitrogens is 1. The Morgan fingerprint density at radius 1 is 0.619 bits per heavy atom. The van der Waals surface area contributed by atoms with Crippen molar-refractivity contribution < 1.29 is 4.98 Å². The van der Waals surface area contributed by atoms with Gasteiger partial charge in [0.1, 0.15) is 0 Å². The van der Waals surface area contributed by atoms with Gasteiger partial charge < -0.3 is 0 Å². The zero-order chi connectivity index (χ0) is 14.2. The van der Waals surface area contributed by atoms with E-state index >= 15 is 0 Å².